The highest BCUT2D eigenvalue weighted by Crippen LogP contribution is 2.31. The van der Waals surface area contributed by atoms with Crippen molar-refractivity contribution in [1.29, 1.82) is 0 Å². The van der Waals surface area contributed by atoms with Gasteiger partial charge in [0.05, 0.1) is 12.2 Å². The number of carbonyl (C=O) groups is 2. The van der Waals surface area contributed by atoms with Crippen LogP contribution in [0.1, 0.15) is 22.8 Å². The minimum atomic E-state index is -0.451. The number of imidazole rings is 1. The number of nitrogens with zero attached hydrogens (tertiary/aromatic N) is 2. The molecule has 0 spiro atoms. The van der Waals surface area contributed by atoms with Crippen LogP contribution in [-0.2, 0) is 9.53 Å². The SMILES string of the molecule is CCOC(=O)CNc1c(-c2cccc(OC(=O)c3ccc(-c4ccccc4)cc3)c2)nc2cc(C)ccn12. The van der Waals surface area contributed by atoms with Crippen LogP contribution in [0.15, 0.2) is 97.2 Å². The average Bonchev–Trinajstić information content (AvgIpc) is 3.30. The van der Waals surface area contributed by atoms with Gasteiger partial charge in [-0.3, -0.25) is 9.20 Å². The molecule has 0 aliphatic heterocycles. The quantitative estimate of drug-likeness (QED) is 0.201. The Kier molecular flexibility index (Phi) is 7.17. The molecule has 38 heavy (non-hydrogen) atoms. The van der Waals surface area contributed by atoms with Crippen LogP contribution in [0.3, 0.4) is 0 Å². The third-order valence-electron chi connectivity index (χ3n) is 6.03. The number of carbonyl (C=O) groups excluding carboxylic acids is 2. The Morgan fingerprint density at radius 3 is 2.37 bits per heavy atom. The number of pyridine rings is 1. The second kappa shape index (κ2) is 11.0. The number of hydrogen-bond donors (Lipinski definition) is 1. The number of nitrogens with one attached hydrogen (secondary N) is 1. The van der Waals surface area contributed by atoms with Gasteiger partial charge >= 0.3 is 11.9 Å². The highest BCUT2D eigenvalue weighted by atomic mass is 16.5. The monoisotopic (exact) mass is 505 g/mol. The number of fused-ring (bicyclic) bond motifs is 1. The highest BCUT2D eigenvalue weighted by molar-refractivity contribution is 5.92. The molecule has 0 radical (unpaired) electrons. The normalized spacial score (nSPS) is 10.8. The van der Waals surface area contributed by atoms with Crippen LogP contribution in [0.4, 0.5) is 5.82 Å². The summed E-state index contributed by atoms with van der Waals surface area (Å²) in [6.07, 6.45) is 1.90. The van der Waals surface area contributed by atoms with Crippen molar-refractivity contribution in [3.05, 3.63) is 108 Å². The molecule has 5 rings (SSSR count). The van der Waals surface area contributed by atoms with E-state index in [0.717, 1.165) is 27.9 Å². The van der Waals surface area contributed by atoms with Crippen LogP contribution < -0.4 is 10.1 Å². The Bertz CT molecular complexity index is 1590. The van der Waals surface area contributed by atoms with Crippen LogP contribution in [0, 0.1) is 6.92 Å². The Labute approximate surface area is 220 Å². The van der Waals surface area contributed by atoms with Crippen molar-refractivity contribution in [2.24, 2.45) is 0 Å². The Morgan fingerprint density at radius 2 is 1.61 bits per heavy atom. The van der Waals surface area contributed by atoms with Crippen LogP contribution in [-0.4, -0.2) is 34.5 Å². The first-order valence-electron chi connectivity index (χ1n) is 12.4. The van der Waals surface area contributed by atoms with Crippen LogP contribution >= 0.6 is 0 Å². The first-order valence-corrected chi connectivity index (χ1v) is 12.4. The maximum Gasteiger partial charge on any atom is 0.343 e. The van der Waals surface area contributed by atoms with E-state index in [1.54, 1.807) is 37.3 Å². The van der Waals surface area contributed by atoms with Crippen molar-refractivity contribution in [2.45, 2.75) is 13.8 Å². The maximum absolute atomic E-state index is 12.9. The van der Waals surface area contributed by atoms with E-state index in [0.29, 0.717) is 29.4 Å². The third-order valence-corrected chi connectivity index (χ3v) is 6.03. The topological polar surface area (TPSA) is 81.9 Å². The van der Waals surface area contributed by atoms with Gasteiger partial charge in [-0.2, -0.15) is 0 Å². The Hall–Kier alpha value is -4.91. The van der Waals surface area contributed by atoms with Crippen molar-refractivity contribution in [3.63, 3.8) is 0 Å². The summed E-state index contributed by atoms with van der Waals surface area (Å²) in [4.78, 5) is 29.7. The lowest BCUT2D eigenvalue weighted by atomic mass is 10.0. The molecule has 7 nitrogen and oxygen atoms in total. The molecule has 0 fully saturated rings. The van der Waals surface area contributed by atoms with Gasteiger partial charge in [-0.15, -0.1) is 0 Å². The summed E-state index contributed by atoms with van der Waals surface area (Å²) in [5.74, 6) is 0.228. The molecule has 0 aliphatic rings. The van der Waals surface area contributed by atoms with Crippen LogP contribution in [0.5, 0.6) is 5.75 Å². The van der Waals surface area contributed by atoms with Gasteiger partial charge in [-0.1, -0.05) is 54.6 Å². The van der Waals surface area contributed by atoms with Crippen LogP contribution in [0.25, 0.3) is 28.0 Å². The van der Waals surface area contributed by atoms with Gasteiger partial charge in [0.2, 0.25) is 0 Å². The van der Waals surface area contributed by atoms with Crippen molar-refractivity contribution in [1.82, 2.24) is 9.38 Å². The summed E-state index contributed by atoms with van der Waals surface area (Å²) < 4.78 is 12.7. The first-order chi connectivity index (χ1) is 18.5. The molecule has 0 amide bonds. The average molecular weight is 506 g/mol. The summed E-state index contributed by atoms with van der Waals surface area (Å²) in [6, 6.07) is 28.4. The number of aryl methyl sites for hydroxylation is 1. The lowest BCUT2D eigenvalue weighted by molar-refractivity contribution is -0.140. The summed E-state index contributed by atoms with van der Waals surface area (Å²) >= 11 is 0. The van der Waals surface area contributed by atoms with Gasteiger partial charge in [0, 0.05) is 11.8 Å². The molecular formula is C31H27N3O4. The lowest BCUT2D eigenvalue weighted by Crippen LogP contribution is -2.17. The molecule has 0 saturated carbocycles. The number of aromatic nitrogens is 2. The second-order valence-corrected chi connectivity index (χ2v) is 8.76. The molecule has 2 aromatic heterocycles. The zero-order valence-corrected chi connectivity index (χ0v) is 21.2. The van der Waals surface area contributed by atoms with Gasteiger partial charge in [0.1, 0.15) is 29.5 Å². The van der Waals surface area contributed by atoms with E-state index in [1.165, 1.54) is 0 Å². The third kappa shape index (κ3) is 5.42. The zero-order valence-electron chi connectivity index (χ0n) is 21.2. The van der Waals surface area contributed by atoms with Gasteiger partial charge in [-0.25, -0.2) is 9.78 Å². The smallest absolute Gasteiger partial charge is 0.343 e. The summed E-state index contributed by atoms with van der Waals surface area (Å²) in [6.45, 7) is 4.07. The number of ether oxygens (including phenoxy) is 2. The van der Waals surface area contributed by atoms with E-state index in [4.69, 9.17) is 14.5 Å². The molecule has 5 aromatic rings. The minimum absolute atomic E-state index is 0.00381. The van der Waals surface area contributed by atoms with E-state index in [-0.39, 0.29) is 12.5 Å². The molecular weight excluding hydrogens is 478 g/mol. The molecule has 1 N–H and O–H groups in total. The fourth-order valence-electron chi connectivity index (χ4n) is 4.19. The van der Waals surface area contributed by atoms with Crippen molar-refractivity contribution in [3.8, 4) is 28.1 Å². The molecule has 3 aromatic carbocycles. The van der Waals surface area contributed by atoms with Gasteiger partial charge < -0.3 is 14.8 Å². The summed E-state index contributed by atoms with van der Waals surface area (Å²) in [7, 11) is 0. The van der Waals surface area contributed by atoms with E-state index in [1.807, 2.05) is 78.2 Å². The maximum atomic E-state index is 12.9. The van der Waals surface area contributed by atoms with E-state index in [9.17, 15) is 9.59 Å². The molecule has 0 aliphatic carbocycles. The van der Waals surface area contributed by atoms with Crippen molar-refractivity contribution >= 4 is 23.4 Å². The largest absolute Gasteiger partial charge is 0.465 e. The van der Waals surface area contributed by atoms with E-state index >= 15 is 0 Å². The van der Waals surface area contributed by atoms with Gasteiger partial charge in [-0.05, 0) is 66.9 Å². The van der Waals surface area contributed by atoms with Crippen molar-refractivity contribution in [2.75, 3.05) is 18.5 Å². The minimum Gasteiger partial charge on any atom is -0.465 e. The van der Waals surface area contributed by atoms with Crippen molar-refractivity contribution < 1.29 is 19.1 Å². The van der Waals surface area contributed by atoms with Gasteiger partial charge in [0.15, 0.2) is 0 Å². The molecule has 0 saturated heterocycles. The predicted molar refractivity (Wildman–Crippen MR) is 147 cm³/mol. The number of esters is 2. The Balaban J connectivity index is 1.40. The molecule has 0 atom stereocenters. The predicted octanol–water partition coefficient (Wildman–Crippen LogP) is 6.17. The number of hydrogen-bond acceptors (Lipinski definition) is 6. The molecule has 2 heterocycles. The van der Waals surface area contributed by atoms with E-state index in [2.05, 4.69) is 5.32 Å². The molecule has 190 valence electrons. The summed E-state index contributed by atoms with van der Waals surface area (Å²) in [5, 5.41) is 3.16. The Morgan fingerprint density at radius 1 is 0.868 bits per heavy atom. The standard InChI is InChI=1S/C31H27N3O4/c1-3-37-28(35)20-32-30-29(33-27-18-21(2)16-17-34(27)30)25-10-7-11-26(19-25)38-31(36)24-14-12-23(13-15-24)22-8-5-4-6-9-22/h4-19,32H,3,20H2,1-2H3. The fourth-order valence-corrected chi connectivity index (χ4v) is 4.19. The lowest BCUT2D eigenvalue weighted by Gasteiger charge is -2.10. The fraction of sp³-hybridized carbons (Fsp3) is 0.129. The second-order valence-electron chi connectivity index (χ2n) is 8.76. The van der Waals surface area contributed by atoms with Crippen LogP contribution in [0.2, 0.25) is 0 Å². The number of rotatable bonds is 8. The first kappa shape index (κ1) is 24.8. The molecule has 7 heteroatoms. The molecule has 0 bridgehead atoms. The summed E-state index contributed by atoms with van der Waals surface area (Å²) in [5.41, 5.74) is 5.71. The number of benzene rings is 3. The number of anilines is 1. The zero-order chi connectivity index (χ0) is 26.5. The van der Waals surface area contributed by atoms with E-state index < -0.39 is 5.97 Å². The van der Waals surface area contributed by atoms with Gasteiger partial charge in [0.25, 0.3) is 0 Å². The highest BCUT2D eigenvalue weighted by Gasteiger charge is 2.17. The molecule has 0 unspecified atom stereocenters.